The number of hydrogen-bond donors (Lipinski definition) is 2. The molecule has 0 atom stereocenters. The van der Waals surface area contributed by atoms with Gasteiger partial charge in [-0.3, -0.25) is 4.99 Å². The Morgan fingerprint density at radius 2 is 1.86 bits per heavy atom. The van der Waals surface area contributed by atoms with Crippen molar-refractivity contribution in [3.05, 3.63) is 75.9 Å². The Hall–Kier alpha value is -2.20. The third kappa shape index (κ3) is 6.75. The first-order chi connectivity index (χ1) is 13.2. The van der Waals surface area contributed by atoms with Crippen LogP contribution >= 0.6 is 35.3 Å². The lowest BCUT2D eigenvalue weighted by molar-refractivity contribution is 0.290. The summed E-state index contributed by atoms with van der Waals surface area (Å²) in [6, 6.07) is 14.0. The number of nitrogens with one attached hydrogen (secondary N) is 2. The standard InChI is InChI=1S/C20H23N5OS.HI/c1-15-11-23-18(27-15)13-25-20(21-2)24-12-17-9-6-10-22-19(17)26-14-16-7-4-3-5-8-16;/h3-11H,12-14H2,1-2H3,(H2,21,24,25);1H. The summed E-state index contributed by atoms with van der Waals surface area (Å²) in [4.78, 5) is 14.2. The highest BCUT2D eigenvalue weighted by molar-refractivity contribution is 14.0. The number of pyridine rings is 1. The molecule has 0 aliphatic rings. The number of aliphatic imine (C=N–C) groups is 1. The molecule has 28 heavy (non-hydrogen) atoms. The number of ether oxygens (including phenoxy) is 1. The van der Waals surface area contributed by atoms with Gasteiger partial charge in [0.25, 0.3) is 0 Å². The van der Waals surface area contributed by atoms with E-state index in [4.69, 9.17) is 4.74 Å². The zero-order valence-corrected chi connectivity index (χ0v) is 19.0. The molecule has 0 aliphatic heterocycles. The molecule has 3 aromatic rings. The molecule has 1 aromatic carbocycles. The van der Waals surface area contributed by atoms with Crippen LogP contribution in [0.3, 0.4) is 0 Å². The first-order valence-corrected chi connectivity index (χ1v) is 9.52. The Morgan fingerprint density at radius 1 is 1.07 bits per heavy atom. The second-order valence-corrected chi connectivity index (χ2v) is 7.21. The van der Waals surface area contributed by atoms with Gasteiger partial charge < -0.3 is 15.4 Å². The maximum atomic E-state index is 5.90. The number of hydrogen-bond acceptors (Lipinski definition) is 5. The SMILES string of the molecule is CN=C(NCc1ncc(C)s1)NCc1cccnc1OCc1ccccc1.I. The number of thiazole rings is 1. The van der Waals surface area contributed by atoms with Crippen LogP contribution < -0.4 is 15.4 Å². The van der Waals surface area contributed by atoms with Gasteiger partial charge in [0.1, 0.15) is 11.6 Å². The van der Waals surface area contributed by atoms with Crippen LogP contribution in [0.25, 0.3) is 0 Å². The molecule has 0 bridgehead atoms. The number of halogens is 1. The van der Waals surface area contributed by atoms with Crippen LogP contribution in [0.2, 0.25) is 0 Å². The summed E-state index contributed by atoms with van der Waals surface area (Å²) in [5, 5.41) is 7.60. The molecule has 0 unspecified atom stereocenters. The van der Waals surface area contributed by atoms with E-state index >= 15 is 0 Å². The van der Waals surface area contributed by atoms with Crippen molar-refractivity contribution in [2.75, 3.05) is 7.05 Å². The topological polar surface area (TPSA) is 71.4 Å². The summed E-state index contributed by atoms with van der Waals surface area (Å²) < 4.78 is 5.90. The molecule has 2 N–H and O–H groups in total. The highest BCUT2D eigenvalue weighted by Crippen LogP contribution is 2.16. The molecule has 0 amide bonds. The predicted octanol–water partition coefficient (Wildman–Crippen LogP) is 3.91. The van der Waals surface area contributed by atoms with E-state index in [0.717, 1.165) is 16.1 Å². The van der Waals surface area contributed by atoms with Crippen LogP contribution in [0.1, 0.15) is 21.0 Å². The molecular formula is C20H24IN5OS. The van der Waals surface area contributed by atoms with E-state index in [1.165, 1.54) is 4.88 Å². The van der Waals surface area contributed by atoms with Crippen molar-refractivity contribution in [3.8, 4) is 5.88 Å². The van der Waals surface area contributed by atoms with Crippen LogP contribution in [0.15, 0.2) is 59.9 Å². The third-order valence-corrected chi connectivity index (χ3v) is 4.73. The number of benzene rings is 1. The Balaban J connectivity index is 0.00000280. The number of aromatic nitrogens is 2. The molecule has 2 heterocycles. The van der Waals surface area contributed by atoms with Gasteiger partial charge in [-0.05, 0) is 18.6 Å². The predicted molar refractivity (Wildman–Crippen MR) is 124 cm³/mol. The molecule has 6 nitrogen and oxygen atoms in total. The minimum atomic E-state index is 0. The highest BCUT2D eigenvalue weighted by atomic mass is 127. The van der Waals surface area contributed by atoms with E-state index in [2.05, 4.69) is 25.6 Å². The van der Waals surface area contributed by atoms with E-state index in [0.29, 0.717) is 31.5 Å². The Kier molecular flexibility index (Phi) is 9.15. The summed E-state index contributed by atoms with van der Waals surface area (Å²) in [6.45, 7) is 3.74. The Labute approximate surface area is 186 Å². The lowest BCUT2D eigenvalue weighted by Gasteiger charge is -2.13. The largest absolute Gasteiger partial charge is 0.473 e. The van der Waals surface area contributed by atoms with Crippen molar-refractivity contribution in [1.82, 2.24) is 20.6 Å². The fourth-order valence-corrected chi connectivity index (χ4v) is 3.18. The molecule has 2 aromatic heterocycles. The zero-order chi connectivity index (χ0) is 18.9. The molecular weight excluding hydrogens is 485 g/mol. The molecule has 8 heteroatoms. The molecule has 0 spiro atoms. The fraction of sp³-hybridized carbons (Fsp3) is 0.250. The van der Waals surface area contributed by atoms with Gasteiger partial charge >= 0.3 is 0 Å². The average molecular weight is 509 g/mol. The minimum absolute atomic E-state index is 0. The van der Waals surface area contributed by atoms with E-state index in [-0.39, 0.29) is 24.0 Å². The van der Waals surface area contributed by atoms with Gasteiger partial charge in [-0.2, -0.15) is 0 Å². The van der Waals surface area contributed by atoms with Crippen molar-refractivity contribution in [1.29, 1.82) is 0 Å². The summed E-state index contributed by atoms with van der Waals surface area (Å²) in [6.07, 6.45) is 3.62. The van der Waals surface area contributed by atoms with Gasteiger partial charge in [0.05, 0.1) is 6.54 Å². The highest BCUT2D eigenvalue weighted by Gasteiger charge is 2.07. The summed E-state index contributed by atoms with van der Waals surface area (Å²) in [7, 11) is 1.75. The minimum Gasteiger partial charge on any atom is -0.473 e. The first kappa shape index (κ1) is 22.1. The van der Waals surface area contributed by atoms with Crippen LogP contribution in [0.5, 0.6) is 5.88 Å². The van der Waals surface area contributed by atoms with E-state index in [9.17, 15) is 0 Å². The first-order valence-electron chi connectivity index (χ1n) is 8.71. The Morgan fingerprint density at radius 3 is 2.57 bits per heavy atom. The Bertz CT molecular complexity index is 885. The van der Waals surface area contributed by atoms with Gasteiger partial charge in [-0.15, -0.1) is 35.3 Å². The maximum absolute atomic E-state index is 5.90. The number of aryl methyl sites for hydroxylation is 1. The van der Waals surface area contributed by atoms with Gasteiger partial charge in [0, 0.05) is 36.4 Å². The fourth-order valence-electron chi connectivity index (χ4n) is 2.46. The molecule has 0 saturated carbocycles. The van der Waals surface area contributed by atoms with Crippen molar-refractivity contribution >= 4 is 41.3 Å². The zero-order valence-electron chi connectivity index (χ0n) is 15.9. The van der Waals surface area contributed by atoms with Gasteiger partial charge in [0.15, 0.2) is 5.96 Å². The second kappa shape index (κ2) is 11.6. The lowest BCUT2D eigenvalue weighted by Crippen LogP contribution is -2.36. The maximum Gasteiger partial charge on any atom is 0.218 e. The summed E-state index contributed by atoms with van der Waals surface area (Å²) in [5.41, 5.74) is 2.08. The molecule has 3 rings (SSSR count). The van der Waals surface area contributed by atoms with Crippen molar-refractivity contribution in [2.24, 2.45) is 4.99 Å². The molecule has 0 saturated heterocycles. The van der Waals surface area contributed by atoms with Crippen molar-refractivity contribution in [2.45, 2.75) is 26.6 Å². The third-order valence-electron chi connectivity index (χ3n) is 3.81. The van der Waals surface area contributed by atoms with Gasteiger partial charge in [-0.1, -0.05) is 36.4 Å². The molecule has 0 aliphatic carbocycles. The molecule has 0 fully saturated rings. The van der Waals surface area contributed by atoms with Crippen LogP contribution in [-0.2, 0) is 19.7 Å². The summed E-state index contributed by atoms with van der Waals surface area (Å²) >= 11 is 1.68. The van der Waals surface area contributed by atoms with Crippen LogP contribution in [0.4, 0.5) is 0 Å². The van der Waals surface area contributed by atoms with E-state index in [1.54, 1.807) is 24.6 Å². The quantitative estimate of drug-likeness (QED) is 0.287. The van der Waals surface area contributed by atoms with Crippen molar-refractivity contribution in [3.63, 3.8) is 0 Å². The number of guanidine groups is 1. The number of rotatable bonds is 7. The number of nitrogens with zero attached hydrogens (tertiary/aromatic N) is 3. The van der Waals surface area contributed by atoms with Gasteiger partial charge in [-0.25, -0.2) is 9.97 Å². The molecule has 148 valence electrons. The van der Waals surface area contributed by atoms with Crippen LogP contribution in [-0.4, -0.2) is 23.0 Å². The average Bonchev–Trinajstić information content (AvgIpc) is 3.13. The van der Waals surface area contributed by atoms with Crippen molar-refractivity contribution < 1.29 is 4.74 Å². The second-order valence-electron chi connectivity index (χ2n) is 5.89. The van der Waals surface area contributed by atoms with E-state index in [1.807, 2.05) is 55.6 Å². The van der Waals surface area contributed by atoms with E-state index < -0.39 is 0 Å². The lowest BCUT2D eigenvalue weighted by atomic mass is 10.2. The smallest absolute Gasteiger partial charge is 0.218 e. The summed E-state index contributed by atoms with van der Waals surface area (Å²) in [5.74, 6) is 1.33. The normalized spacial score (nSPS) is 10.9. The molecule has 0 radical (unpaired) electrons. The monoisotopic (exact) mass is 509 g/mol. The van der Waals surface area contributed by atoms with Gasteiger partial charge in [0.2, 0.25) is 5.88 Å². The van der Waals surface area contributed by atoms with Crippen LogP contribution in [0, 0.1) is 6.92 Å².